The van der Waals surface area contributed by atoms with E-state index in [9.17, 15) is 19.2 Å². The van der Waals surface area contributed by atoms with Gasteiger partial charge in [0.25, 0.3) is 0 Å². The molecule has 6 nitrogen and oxygen atoms in total. The molecule has 2 aromatic heterocycles. The van der Waals surface area contributed by atoms with Gasteiger partial charge in [-0.3, -0.25) is 9.59 Å². The van der Waals surface area contributed by atoms with Crippen molar-refractivity contribution in [2.24, 2.45) is 34.0 Å². The smallest absolute Gasteiger partial charge is 0.348 e. The third kappa shape index (κ3) is 3.70. The van der Waals surface area contributed by atoms with Gasteiger partial charge >= 0.3 is 11.9 Å². The van der Waals surface area contributed by atoms with Crippen molar-refractivity contribution in [1.82, 2.24) is 0 Å². The summed E-state index contributed by atoms with van der Waals surface area (Å²) in [7, 11) is 0. The minimum atomic E-state index is -1.07. The fourth-order valence-corrected chi connectivity index (χ4v) is 9.56. The summed E-state index contributed by atoms with van der Waals surface area (Å²) in [5, 5.41) is 3.68. The van der Waals surface area contributed by atoms with Crippen LogP contribution in [0.3, 0.4) is 0 Å². The molecule has 0 N–H and O–H groups in total. The molecule has 38 heavy (non-hydrogen) atoms. The van der Waals surface area contributed by atoms with E-state index in [0.717, 1.165) is 25.7 Å². The van der Waals surface area contributed by atoms with Crippen LogP contribution in [0.4, 0.5) is 0 Å². The summed E-state index contributed by atoms with van der Waals surface area (Å²) < 4.78 is 11.9. The van der Waals surface area contributed by atoms with E-state index in [0.29, 0.717) is 28.2 Å². The number of carbonyl (C=O) groups is 4. The number of ether oxygens (including phenoxy) is 2. The van der Waals surface area contributed by atoms with E-state index in [1.807, 2.05) is 22.9 Å². The summed E-state index contributed by atoms with van der Waals surface area (Å²) >= 11 is 2.68. The molecule has 5 saturated carbocycles. The zero-order valence-electron chi connectivity index (χ0n) is 21.5. The molecule has 2 bridgehead atoms. The lowest BCUT2D eigenvalue weighted by Gasteiger charge is -2.66. The zero-order chi connectivity index (χ0) is 26.7. The van der Waals surface area contributed by atoms with Crippen LogP contribution in [0.15, 0.2) is 47.2 Å². The minimum absolute atomic E-state index is 0.00489. The van der Waals surface area contributed by atoms with Crippen LogP contribution in [0, 0.1) is 34.0 Å². The van der Waals surface area contributed by atoms with E-state index in [1.54, 1.807) is 12.1 Å². The topological polar surface area (TPSA) is 86.7 Å². The molecule has 1 spiro atoms. The Morgan fingerprint density at radius 2 is 1.63 bits per heavy atom. The Hall–Kier alpha value is -2.58. The van der Waals surface area contributed by atoms with Gasteiger partial charge in [-0.25, -0.2) is 9.59 Å². The summed E-state index contributed by atoms with van der Waals surface area (Å²) in [6.07, 6.45) is 4.72. The van der Waals surface area contributed by atoms with Gasteiger partial charge in [-0.2, -0.15) is 0 Å². The van der Waals surface area contributed by atoms with Crippen LogP contribution in [0.25, 0.3) is 0 Å². The Kier molecular flexibility index (Phi) is 6.26. The molecule has 0 radical (unpaired) electrons. The van der Waals surface area contributed by atoms with Crippen LogP contribution < -0.4 is 0 Å². The van der Waals surface area contributed by atoms with E-state index < -0.39 is 16.2 Å². The van der Waals surface area contributed by atoms with E-state index in [-0.39, 0.29) is 60.9 Å². The van der Waals surface area contributed by atoms with Gasteiger partial charge in [-0.05, 0) is 78.3 Å². The van der Waals surface area contributed by atoms with Crippen LogP contribution in [-0.4, -0.2) is 36.7 Å². The average Bonchev–Trinajstić information content (AvgIpc) is 3.65. The maximum atomic E-state index is 14.0. The number of ketones is 2. The second-order valence-electron chi connectivity index (χ2n) is 11.9. The summed E-state index contributed by atoms with van der Waals surface area (Å²) in [4.78, 5) is 54.6. The number of allylic oxidation sites excluding steroid dienone is 1. The number of thiophene rings is 2. The molecule has 8 heteroatoms. The average molecular weight is 553 g/mol. The fourth-order valence-electron chi connectivity index (χ4n) is 8.33. The second kappa shape index (κ2) is 9.26. The summed E-state index contributed by atoms with van der Waals surface area (Å²) in [6, 6.07) is 7.13. The summed E-state index contributed by atoms with van der Waals surface area (Å²) in [5.74, 6) is -1.13. The molecule has 2 heterocycles. The number of esters is 2. The van der Waals surface area contributed by atoms with Crippen molar-refractivity contribution in [3.8, 4) is 0 Å². The van der Waals surface area contributed by atoms with Gasteiger partial charge in [0.15, 0.2) is 5.78 Å². The molecular formula is C30H32O6S2. The molecule has 0 saturated heterocycles. The number of hydrogen-bond donors (Lipinski definition) is 0. The predicted molar refractivity (Wildman–Crippen MR) is 144 cm³/mol. The number of rotatable bonds is 6. The molecule has 0 aliphatic heterocycles. The van der Waals surface area contributed by atoms with E-state index >= 15 is 0 Å². The SMILES string of the molecule is C=C1C(=O)C23CC[C@@H]1CC2[C@]1(COC(=O)c2cccs2)CCC[C@@](C)(COC(=O)c2cccs2)C1CC3=O. The van der Waals surface area contributed by atoms with Crippen molar-refractivity contribution >= 4 is 46.2 Å². The highest BCUT2D eigenvalue weighted by molar-refractivity contribution is 7.12. The van der Waals surface area contributed by atoms with Crippen LogP contribution in [0.2, 0.25) is 0 Å². The lowest BCUT2D eigenvalue weighted by Crippen LogP contribution is -2.69. The molecule has 5 aliphatic rings. The fraction of sp³-hybridized carbons (Fsp3) is 0.533. The third-order valence-electron chi connectivity index (χ3n) is 10.1. The van der Waals surface area contributed by atoms with Crippen LogP contribution in [-0.2, 0) is 19.1 Å². The molecule has 5 aliphatic carbocycles. The Morgan fingerprint density at radius 1 is 0.974 bits per heavy atom. The first kappa shape index (κ1) is 25.7. The van der Waals surface area contributed by atoms with E-state index in [2.05, 4.69) is 13.5 Å². The Labute approximate surface area is 230 Å². The maximum Gasteiger partial charge on any atom is 0.348 e. The summed E-state index contributed by atoms with van der Waals surface area (Å²) in [6.45, 7) is 6.54. The highest BCUT2D eigenvalue weighted by Crippen LogP contribution is 2.70. The van der Waals surface area contributed by atoms with E-state index in [1.165, 1.54) is 22.7 Å². The second-order valence-corrected chi connectivity index (χ2v) is 13.8. The molecule has 0 amide bonds. The molecule has 3 unspecified atom stereocenters. The number of carbonyl (C=O) groups excluding carboxylic acids is 4. The van der Waals surface area contributed by atoms with Gasteiger partial charge in [0.2, 0.25) is 0 Å². The largest absolute Gasteiger partial charge is 0.461 e. The molecule has 7 rings (SSSR count). The predicted octanol–water partition coefficient (Wildman–Crippen LogP) is 6.13. The van der Waals surface area contributed by atoms with Gasteiger partial charge < -0.3 is 9.47 Å². The lowest BCUT2D eigenvalue weighted by atomic mass is 9.36. The Bertz CT molecular complexity index is 1300. The molecule has 0 aromatic carbocycles. The third-order valence-corrected chi connectivity index (χ3v) is 11.8. The van der Waals surface area contributed by atoms with Gasteiger partial charge in [-0.15, -0.1) is 22.7 Å². The van der Waals surface area contributed by atoms with Crippen molar-refractivity contribution in [3.05, 3.63) is 56.9 Å². The van der Waals surface area contributed by atoms with Gasteiger partial charge in [0.1, 0.15) is 15.5 Å². The minimum Gasteiger partial charge on any atom is -0.461 e. The monoisotopic (exact) mass is 552 g/mol. The van der Waals surface area contributed by atoms with Crippen LogP contribution in [0.1, 0.15) is 71.2 Å². The standard InChI is InChI=1S/C30H32O6S2/c1-18-19-8-11-30(25(18)32)23(14-19)29(17-36-27(34)21-7-4-13-38-21)10-5-9-28(2,22(29)15-24(30)31)16-35-26(33)20-6-3-12-37-20/h3-4,6-7,12-13,19,22-23H,1,5,8-11,14-17H2,2H3/t19-,22?,23?,28+,29+,30?/m1/s1. The molecular weight excluding hydrogens is 520 g/mol. The van der Waals surface area contributed by atoms with E-state index in [4.69, 9.17) is 9.47 Å². The van der Waals surface area contributed by atoms with Crippen LogP contribution >= 0.6 is 22.7 Å². The molecule has 200 valence electrons. The first-order chi connectivity index (χ1) is 18.2. The van der Waals surface area contributed by atoms with Crippen molar-refractivity contribution in [2.45, 2.75) is 51.9 Å². The molecule has 2 aromatic rings. The Morgan fingerprint density at radius 3 is 2.26 bits per heavy atom. The highest BCUT2D eigenvalue weighted by Gasteiger charge is 2.72. The first-order valence-corrected chi connectivity index (χ1v) is 15.2. The number of fused-ring (bicyclic) bond motifs is 3. The van der Waals surface area contributed by atoms with Crippen molar-refractivity contribution in [1.29, 1.82) is 0 Å². The zero-order valence-corrected chi connectivity index (χ0v) is 23.2. The number of Topliss-reactive ketones (excluding diaryl/α,β-unsaturated/α-hetero) is 2. The molecule has 5 fully saturated rings. The lowest BCUT2D eigenvalue weighted by molar-refractivity contribution is -0.200. The van der Waals surface area contributed by atoms with Crippen molar-refractivity contribution in [2.75, 3.05) is 13.2 Å². The normalized spacial score (nSPS) is 35.9. The van der Waals surface area contributed by atoms with Gasteiger partial charge in [0.05, 0.1) is 18.6 Å². The quantitative estimate of drug-likeness (QED) is 0.243. The van der Waals surface area contributed by atoms with Crippen LogP contribution in [0.5, 0.6) is 0 Å². The number of hydrogen-bond acceptors (Lipinski definition) is 8. The van der Waals surface area contributed by atoms with Gasteiger partial charge in [0, 0.05) is 17.3 Å². The highest BCUT2D eigenvalue weighted by atomic mass is 32.1. The maximum absolute atomic E-state index is 14.0. The molecule has 6 atom stereocenters. The Balaban J connectivity index is 1.36. The summed E-state index contributed by atoms with van der Waals surface area (Å²) in [5.41, 5.74) is -1.50. The first-order valence-electron chi connectivity index (χ1n) is 13.4. The van der Waals surface area contributed by atoms with Crippen molar-refractivity contribution < 1.29 is 28.7 Å². The van der Waals surface area contributed by atoms with Crippen molar-refractivity contribution in [3.63, 3.8) is 0 Å². The van der Waals surface area contributed by atoms with Gasteiger partial charge in [-0.1, -0.05) is 32.1 Å².